The Bertz CT molecular complexity index is 397. The summed E-state index contributed by atoms with van der Waals surface area (Å²) in [7, 11) is 3.19. The molecule has 0 fully saturated rings. The van der Waals surface area contributed by atoms with Crippen molar-refractivity contribution in [2.45, 2.75) is 13.8 Å². The lowest BCUT2D eigenvalue weighted by Crippen LogP contribution is -2.02. The fourth-order valence-electron chi connectivity index (χ4n) is 1.40. The zero-order valence-corrected chi connectivity index (χ0v) is 10.7. The molecule has 1 aromatic rings. The number of benzene rings is 1. The lowest BCUT2D eigenvalue weighted by Gasteiger charge is -2.09. The predicted molar refractivity (Wildman–Crippen MR) is 68.4 cm³/mol. The van der Waals surface area contributed by atoms with E-state index in [2.05, 4.69) is 0 Å². The molecule has 0 radical (unpaired) electrons. The molecule has 17 heavy (non-hydrogen) atoms. The van der Waals surface area contributed by atoms with Crippen molar-refractivity contribution in [2.24, 2.45) is 5.92 Å². The van der Waals surface area contributed by atoms with Crippen LogP contribution in [0.4, 0.5) is 0 Å². The molecule has 3 nitrogen and oxygen atoms in total. The van der Waals surface area contributed by atoms with Gasteiger partial charge in [-0.2, -0.15) is 0 Å². The third kappa shape index (κ3) is 3.34. The molecule has 0 saturated heterocycles. The molecule has 3 heteroatoms. The van der Waals surface area contributed by atoms with Crippen LogP contribution in [0.3, 0.4) is 0 Å². The van der Waals surface area contributed by atoms with Crippen LogP contribution in [-0.4, -0.2) is 20.0 Å². The van der Waals surface area contributed by atoms with E-state index in [1.165, 1.54) is 0 Å². The second kappa shape index (κ2) is 6.09. The van der Waals surface area contributed by atoms with E-state index in [9.17, 15) is 4.79 Å². The molecule has 0 saturated carbocycles. The zero-order valence-electron chi connectivity index (χ0n) is 10.7. The van der Waals surface area contributed by atoms with Gasteiger partial charge in [-0.3, -0.25) is 4.79 Å². The standard InChI is InChI=1S/C14H18O3/c1-10(2)12(15)9-8-11-13(16-3)6-5-7-14(11)17-4/h5-10H,1-4H3/b9-8+. The van der Waals surface area contributed by atoms with Gasteiger partial charge < -0.3 is 9.47 Å². The first-order valence-corrected chi connectivity index (χ1v) is 5.53. The summed E-state index contributed by atoms with van der Waals surface area (Å²) < 4.78 is 10.5. The van der Waals surface area contributed by atoms with Crippen LogP contribution in [0, 0.1) is 5.92 Å². The quantitative estimate of drug-likeness (QED) is 0.735. The fourth-order valence-corrected chi connectivity index (χ4v) is 1.40. The molecule has 0 atom stereocenters. The summed E-state index contributed by atoms with van der Waals surface area (Å²) in [4.78, 5) is 11.5. The molecule has 92 valence electrons. The van der Waals surface area contributed by atoms with E-state index >= 15 is 0 Å². The molecule has 0 aromatic heterocycles. The molecule has 0 bridgehead atoms. The third-order valence-corrected chi connectivity index (χ3v) is 2.45. The molecule has 0 aliphatic heterocycles. The second-order valence-corrected chi connectivity index (χ2v) is 3.97. The van der Waals surface area contributed by atoms with Crippen molar-refractivity contribution in [3.05, 3.63) is 29.8 Å². The number of hydrogen-bond donors (Lipinski definition) is 0. The SMILES string of the molecule is COc1cccc(OC)c1/C=C/C(=O)C(C)C. The number of ether oxygens (including phenoxy) is 2. The molecule has 0 aliphatic rings. The number of rotatable bonds is 5. The van der Waals surface area contributed by atoms with Gasteiger partial charge >= 0.3 is 0 Å². The molecule has 0 N–H and O–H groups in total. The first kappa shape index (κ1) is 13.3. The van der Waals surface area contributed by atoms with E-state index in [1.807, 2.05) is 32.0 Å². The van der Waals surface area contributed by atoms with Crippen LogP contribution < -0.4 is 9.47 Å². The number of methoxy groups -OCH3 is 2. The van der Waals surface area contributed by atoms with Crippen LogP contribution in [0.1, 0.15) is 19.4 Å². The van der Waals surface area contributed by atoms with E-state index < -0.39 is 0 Å². The van der Waals surface area contributed by atoms with Crippen LogP contribution in [0.2, 0.25) is 0 Å². The second-order valence-electron chi connectivity index (χ2n) is 3.97. The molecule has 0 unspecified atom stereocenters. The van der Waals surface area contributed by atoms with E-state index in [0.717, 1.165) is 5.56 Å². The summed E-state index contributed by atoms with van der Waals surface area (Å²) >= 11 is 0. The van der Waals surface area contributed by atoms with Crippen molar-refractivity contribution >= 4 is 11.9 Å². The average molecular weight is 234 g/mol. The smallest absolute Gasteiger partial charge is 0.158 e. The maximum atomic E-state index is 11.5. The van der Waals surface area contributed by atoms with E-state index in [4.69, 9.17) is 9.47 Å². The zero-order chi connectivity index (χ0) is 12.8. The highest BCUT2D eigenvalue weighted by Crippen LogP contribution is 2.29. The summed E-state index contributed by atoms with van der Waals surface area (Å²) in [6.45, 7) is 3.73. The fraction of sp³-hybridized carbons (Fsp3) is 0.357. The van der Waals surface area contributed by atoms with Crippen LogP contribution in [0.15, 0.2) is 24.3 Å². The maximum Gasteiger partial charge on any atom is 0.158 e. The molecule has 1 aromatic carbocycles. The Kier molecular flexibility index (Phi) is 4.76. The maximum absolute atomic E-state index is 11.5. The lowest BCUT2D eigenvalue weighted by molar-refractivity contribution is -0.117. The van der Waals surface area contributed by atoms with Crippen molar-refractivity contribution < 1.29 is 14.3 Å². The molecule has 0 aliphatic carbocycles. The average Bonchev–Trinajstić information content (AvgIpc) is 2.34. The summed E-state index contributed by atoms with van der Waals surface area (Å²) in [6, 6.07) is 5.52. The van der Waals surface area contributed by atoms with E-state index in [-0.39, 0.29) is 11.7 Å². The van der Waals surface area contributed by atoms with Crippen molar-refractivity contribution in [1.29, 1.82) is 0 Å². The summed E-state index contributed by atoms with van der Waals surface area (Å²) in [5.41, 5.74) is 0.784. The Morgan fingerprint density at radius 2 is 1.71 bits per heavy atom. The minimum absolute atomic E-state index is 0.00745. The van der Waals surface area contributed by atoms with Gasteiger partial charge in [0.1, 0.15) is 11.5 Å². The van der Waals surface area contributed by atoms with Crippen LogP contribution in [-0.2, 0) is 4.79 Å². The Morgan fingerprint density at radius 3 is 2.12 bits per heavy atom. The van der Waals surface area contributed by atoms with E-state index in [0.29, 0.717) is 11.5 Å². The van der Waals surface area contributed by atoms with Gasteiger partial charge in [0.15, 0.2) is 5.78 Å². The van der Waals surface area contributed by atoms with Crippen LogP contribution >= 0.6 is 0 Å². The number of hydrogen-bond acceptors (Lipinski definition) is 3. The Hall–Kier alpha value is -1.77. The first-order valence-electron chi connectivity index (χ1n) is 5.53. The minimum atomic E-state index is -0.00745. The number of carbonyl (C=O) groups is 1. The topological polar surface area (TPSA) is 35.5 Å². The third-order valence-electron chi connectivity index (χ3n) is 2.45. The first-order chi connectivity index (χ1) is 8.10. The lowest BCUT2D eigenvalue weighted by atomic mass is 10.1. The normalized spacial score (nSPS) is 10.9. The van der Waals surface area contributed by atoms with Crippen molar-refractivity contribution in [1.82, 2.24) is 0 Å². The highest BCUT2D eigenvalue weighted by molar-refractivity contribution is 5.95. The Morgan fingerprint density at radius 1 is 1.18 bits per heavy atom. The highest BCUT2D eigenvalue weighted by Gasteiger charge is 2.08. The van der Waals surface area contributed by atoms with Gasteiger partial charge in [0.2, 0.25) is 0 Å². The van der Waals surface area contributed by atoms with Crippen molar-refractivity contribution in [3.8, 4) is 11.5 Å². The van der Waals surface area contributed by atoms with Gasteiger partial charge in [-0.15, -0.1) is 0 Å². The highest BCUT2D eigenvalue weighted by atomic mass is 16.5. The Balaban J connectivity index is 3.07. The molecular weight excluding hydrogens is 216 g/mol. The predicted octanol–water partition coefficient (Wildman–Crippen LogP) is 2.94. The summed E-state index contributed by atoms with van der Waals surface area (Å²) in [5.74, 6) is 1.46. The van der Waals surface area contributed by atoms with Crippen molar-refractivity contribution in [2.75, 3.05) is 14.2 Å². The molecule has 0 spiro atoms. The molecule has 1 rings (SSSR count). The summed E-state index contributed by atoms with van der Waals surface area (Å²) in [5, 5.41) is 0. The number of ketones is 1. The number of carbonyl (C=O) groups excluding carboxylic acids is 1. The van der Waals surface area contributed by atoms with Gasteiger partial charge in [-0.1, -0.05) is 19.9 Å². The number of allylic oxidation sites excluding steroid dienone is 1. The van der Waals surface area contributed by atoms with Gasteiger partial charge in [0.25, 0.3) is 0 Å². The molecule has 0 heterocycles. The van der Waals surface area contributed by atoms with E-state index in [1.54, 1.807) is 26.4 Å². The van der Waals surface area contributed by atoms with Gasteiger partial charge in [0, 0.05) is 5.92 Å². The molecular formula is C14H18O3. The monoisotopic (exact) mass is 234 g/mol. The minimum Gasteiger partial charge on any atom is -0.496 e. The summed E-state index contributed by atoms with van der Waals surface area (Å²) in [6.07, 6.45) is 3.30. The van der Waals surface area contributed by atoms with Gasteiger partial charge in [0.05, 0.1) is 19.8 Å². The van der Waals surface area contributed by atoms with Gasteiger partial charge in [-0.25, -0.2) is 0 Å². The Labute approximate surface area is 102 Å². The molecule has 0 amide bonds. The van der Waals surface area contributed by atoms with Crippen LogP contribution in [0.5, 0.6) is 11.5 Å². The van der Waals surface area contributed by atoms with Crippen molar-refractivity contribution in [3.63, 3.8) is 0 Å². The largest absolute Gasteiger partial charge is 0.496 e. The van der Waals surface area contributed by atoms with Gasteiger partial charge in [-0.05, 0) is 24.3 Å². The van der Waals surface area contributed by atoms with Crippen LogP contribution in [0.25, 0.3) is 6.08 Å².